The van der Waals surface area contributed by atoms with Crippen molar-refractivity contribution in [3.8, 4) is 0 Å². The Balaban J connectivity index is 0.000000423. The van der Waals surface area contributed by atoms with Crippen molar-refractivity contribution in [2.24, 2.45) is 0 Å². The van der Waals surface area contributed by atoms with Gasteiger partial charge in [-0.1, -0.05) is 38.1 Å². The standard InChI is InChI=1S/C17H7F10NO4S2.C10H22N/c18-14(19,20)16(24,25)33(29,30)11-6-9-8-4-2-1-3-7(8)5-10(9)12(28)13(11)34(31,32)17(26,27)15(21,22)23;1-3-7-11(8-4-2)9-5-6-10-11/h1-6,28H;3-10H2,1-2H3/q;+1. The van der Waals surface area contributed by atoms with Gasteiger partial charge in [0.2, 0.25) is 0 Å². The van der Waals surface area contributed by atoms with Gasteiger partial charge in [0, 0.05) is 18.4 Å². The van der Waals surface area contributed by atoms with Crippen LogP contribution in [0.25, 0.3) is 11.6 Å². The molecule has 0 unspecified atom stereocenters. The zero-order valence-corrected chi connectivity index (χ0v) is 25.4. The second-order valence-electron chi connectivity index (χ2n) is 10.8. The summed E-state index contributed by atoms with van der Waals surface area (Å²) in [5.41, 5.74) is -3.48. The highest BCUT2D eigenvalue weighted by atomic mass is 32.2. The molecule has 2 aliphatic carbocycles. The van der Waals surface area contributed by atoms with Crippen LogP contribution in [0.15, 0.2) is 45.7 Å². The van der Waals surface area contributed by atoms with Crippen LogP contribution in [-0.4, -0.2) is 76.1 Å². The van der Waals surface area contributed by atoms with E-state index in [4.69, 9.17) is 5.41 Å². The lowest BCUT2D eigenvalue weighted by atomic mass is 9.95. The lowest BCUT2D eigenvalue weighted by molar-refractivity contribution is -0.916. The molecule has 6 nitrogen and oxygen atoms in total. The Labute approximate surface area is 253 Å². The highest BCUT2D eigenvalue weighted by molar-refractivity contribution is 8.01. The van der Waals surface area contributed by atoms with Crippen molar-refractivity contribution in [3.63, 3.8) is 0 Å². The number of sulfone groups is 2. The summed E-state index contributed by atoms with van der Waals surface area (Å²) in [5, 5.41) is -5.85. The number of nitrogens with zero attached hydrogens (tertiary/aromatic N) is 1. The van der Waals surface area contributed by atoms with Gasteiger partial charge >= 0.3 is 22.9 Å². The van der Waals surface area contributed by atoms with Crippen LogP contribution >= 0.6 is 0 Å². The Bertz CT molecular complexity index is 1640. The summed E-state index contributed by atoms with van der Waals surface area (Å²) < 4.78 is 183. The molecule has 1 fully saturated rings. The number of likely N-dealkylation sites (tertiary alicyclic amines) is 1. The first-order chi connectivity index (χ1) is 20.4. The first-order valence-electron chi connectivity index (χ1n) is 13.5. The van der Waals surface area contributed by atoms with Crippen molar-refractivity contribution >= 4 is 37.0 Å². The molecule has 45 heavy (non-hydrogen) atoms. The molecule has 0 bridgehead atoms. The Hall–Kier alpha value is -2.73. The van der Waals surface area contributed by atoms with E-state index in [0.29, 0.717) is 0 Å². The van der Waals surface area contributed by atoms with Gasteiger partial charge < -0.3 is 4.48 Å². The summed E-state index contributed by atoms with van der Waals surface area (Å²) in [7, 11) is -14.7. The van der Waals surface area contributed by atoms with Crippen LogP contribution in [0.3, 0.4) is 0 Å². The van der Waals surface area contributed by atoms with Crippen molar-refractivity contribution < 1.29 is 65.2 Å². The molecular formula is C27H29F10N2O4S2+. The molecule has 1 aromatic rings. The Kier molecular flexibility index (Phi) is 9.90. The van der Waals surface area contributed by atoms with E-state index in [1.165, 1.54) is 74.5 Å². The molecule has 18 heteroatoms. The van der Waals surface area contributed by atoms with Crippen molar-refractivity contribution in [2.45, 2.75) is 62.4 Å². The van der Waals surface area contributed by atoms with Gasteiger partial charge in [0.1, 0.15) is 4.91 Å². The maximum absolute atomic E-state index is 13.9. The molecule has 1 N–H and O–H groups in total. The van der Waals surface area contributed by atoms with Crippen molar-refractivity contribution in [1.82, 2.24) is 0 Å². The lowest BCUT2D eigenvalue weighted by Crippen LogP contribution is -2.48. The van der Waals surface area contributed by atoms with Gasteiger partial charge in [-0.3, -0.25) is 5.41 Å². The molecular weight excluding hydrogens is 670 g/mol. The van der Waals surface area contributed by atoms with Crippen LogP contribution in [-0.2, 0) is 19.7 Å². The Morgan fingerprint density at radius 1 is 0.711 bits per heavy atom. The third-order valence-corrected chi connectivity index (χ3v) is 11.4. The molecule has 4 rings (SSSR count). The minimum Gasteiger partial charge on any atom is -0.324 e. The lowest BCUT2D eigenvalue weighted by Gasteiger charge is -2.33. The molecule has 1 heterocycles. The summed E-state index contributed by atoms with van der Waals surface area (Å²) in [6.07, 6.45) is -7.55. The van der Waals surface area contributed by atoms with Crippen molar-refractivity contribution in [2.75, 3.05) is 26.2 Å². The third-order valence-electron chi connectivity index (χ3n) is 7.64. The Morgan fingerprint density at radius 2 is 1.18 bits per heavy atom. The van der Waals surface area contributed by atoms with Gasteiger partial charge in [0.05, 0.1) is 36.8 Å². The largest absolute Gasteiger partial charge is 0.469 e. The molecule has 1 aromatic carbocycles. The maximum atomic E-state index is 13.9. The number of halogens is 10. The number of hydrogen-bond acceptors (Lipinski definition) is 5. The van der Waals surface area contributed by atoms with E-state index in [1.54, 1.807) is 0 Å². The predicted octanol–water partition coefficient (Wildman–Crippen LogP) is 7.27. The average molecular weight is 700 g/mol. The third kappa shape index (κ3) is 6.21. The van der Waals surface area contributed by atoms with Gasteiger partial charge in [-0.05, 0) is 41.7 Å². The maximum Gasteiger partial charge on any atom is 0.469 e. The number of fused-ring (bicyclic) bond motifs is 3. The van der Waals surface area contributed by atoms with E-state index >= 15 is 0 Å². The number of benzene rings is 1. The smallest absolute Gasteiger partial charge is 0.324 e. The SMILES string of the molecule is CCC[N+]1(CCC)CCCC1.N=C1C2=Cc3ccccc3C2=CC(S(=O)(=O)C(F)(F)C(F)(F)F)=C1S(=O)(=O)C(F)(F)C(F)(F)F. The fourth-order valence-corrected chi connectivity index (χ4v) is 8.72. The summed E-state index contributed by atoms with van der Waals surface area (Å²) in [4.78, 5) is -5.57. The topological polar surface area (TPSA) is 92.1 Å². The van der Waals surface area contributed by atoms with Gasteiger partial charge in [-0.2, -0.15) is 43.9 Å². The Morgan fingerprint density at radius 3 is 1.64 bits per heavy atom. The normalized spacial score (nSPS) is 19.0. The first-order valence-corrected chi connectivity index (χ1v) is 16.5. The first kappa shape index (κ1) is 36.7. The van der Waals surface area contributed by atoms with Crippen LogP contribution in [0.4, 0.5) is 43.9 Å². The molecule has 0 saturated carbocycles. The van der Waals surface area contributed by atoms with Crippen LogP contribution < -0.4 is 0 Å². The van der Waals surface area contributed by atoms with Gasteiger partial charge in [0.15, 0.2) is 0 Å². The van der Waals surface area contributed by atoms with E-state index in [1.807, 2.05) is 0 Å². The monoisotopic (exact) mass is 699 g/mol. The number of allylic oxidation sites excluding steroid dienone is 4. The van der Waals surface area contributed by atoms with E-state index < -0.39 is 69.2 Å². The minimum atomic E-state index is -7.40. The minimum absolute atomic E-state index is 0.0223. The highest BCUT2D eigenvalue weighted by Crippen LogP contribution is 2.52. The second-order valence-corrected chi connectivity index (χ2v) is 14.6. The summed E-state index contributed by atoms with van der Waals surface area (Å²) in [6.45, 7) is 10.4. The van der Waals surface area contributed by atoms with Gasteiger partial charge in [-0.15, -0.1) is 0 Å². The van der Waals surface area contributed by atoms with Gasteiger partial charge in [0.25, 0.3) is 19.7 Å². The molecule has 1 aliphatic heterocycles. The number of rotatable bonds is 8. The number of nitrogens with one attached hydrogen (secondary N) is 1. The fraction of sp³-hybridized carbons (Fsp3) is 0.519. The van der Waals surface area contributed by atoms with E-state index in [2.05, 4.69) is 13.8 Å². The van der Waals surface area contributed by atoms with Crippen LogP contribution in [0.5, 0.6) is 0 Å². The van der Waals surface area contributed by atoms with Crippen molar-refractivity contribution in [3.05, 3.63) is 56.9 Å². The second kappa shape index (κ2) is 12.1. The van der Waals surface area contributed by atoms with Crippen LogP contribution in [0.2, 0.25) is 0 Å². The predicted molar refractivity (Wildman–Crippen MR) is 147 cm³/mol. The molecule has 1 saturated heterocycles. The van der Waals surface area contributed by atoms with Crippen LogP contribution in [0, 0.1) is 5.41 Å². The van der Waals surface area contributed by atoms with E-state index in [0.717, 1.165) is 12.1 Å². The average Bonchev–Trinajstić information content (AvgIpc) is 3.53. The summed E-state index contributed by atoms with van der Waals surface area (Å²) >= 11 is 0. The molecule has 0 spiro atoms. The molecule has 0 atom stereocenters. The van der Waals surface area contributed by atoms with E-state index in [-0.39, 0.29) is 17.2 Å². The highest BCUT2D eigenvalue weighted by Gasteiger charge is 2.72. The molecule has 0 radical (unpaired) electrons. The van der Waals surface area contributed by atoms with Crippen molar-refractivity contribution in [1.29, 1.82) is 5.41 Å². The molecule has 0 aromatic heterocycles. The quantitative estimate of drug-likeness (QED) is 0.228. The molecule has 252 valence electrons. The molecule has 0 amide bonds. The van der Waals surface area contributed by atoms with Crippen LogP contribution in [0.1, 0.15) is 50.7 Å². The number of alkyl halides is 10. The van der Waals surface area contributed by atoms with Gasteiger partial charge in [-0.25, -0.2) is 16.8 Å². The molecule has 3 aliphatic rings. The zero-order valence-electron chi connectivity index (χ0n) is 23.8. The number of quaternary nitrogens is 1. The number of hydrogen-bond donors (Lipinski definition) is 1. The summed E-state index contributed by atoms with van der Waals surface area (Å²) in [5.74, 6) is 0. The summed E-state index contributed by atoms with van der Waals surface area (Å²) in [6, 6.07) is 4.95. The fourth-order valence-electron chi connectivity index (χ4n) is 5.60. The zero-order chi connectivity index (χ0) is 34.4. The van der Waals surface area contributed by atoms with E-state index in [9.17, 15) is 60.7 Å².